The lowest BCUT2D eigenvalue weighted by Crippen LogP contribution is -2.17. The van der Waals surface area contributed by atoms with E-state index in [1.807, 2.05) is 29.0 Å². The molecular formula is C30H26BrCl4F3N10O. The van der Waals surface area contributed by atoms with Crippen LogP contribution in [0.3, 0.4) is 0 Å². The fourth-order valence-electron chi connectivity index (χ4n) is 3.78. The van der Waals surface area contributed by atoms with Crippen molar-refractivity contribution in [1.82, 2.24) is 39.5 Å². The number of alkyl halides is 3. The fraction of sp³-hybridized carbons (Fsp3) is 0.167. The Kier molecular flexibility index (Phi) is 14.4. The van der Waals surface area contributed by atoms with Crippen LogP contribution in [0.15, 0.2) is 90.7 Å². The van der Waals surface area contributed by atoms with Crippen molar-refractivity contribution >= 4 is 73.7 Å². The van der Waals surface area contributed by atoms with Gasteiger partial charge in [-0.3, -0.25) is 0 Å². The van der Waals surface area contributed by atoms with Gasteiger partial charge in [0, 0.05) is 59.7 Å². The predicted molar refractivity (Wildman–Crippen MR) is 187 cm³/mol. The minimum Gasteiger partial charge on any atom is -0.404 e. The van der Waals surface area contributed by atoms with Crippen molar-refractivity contribution in [3.05, 3.63) is 128 Å². The molecule has 0 fully saturated rings. The number of aryl methyl sites for hydroxylation is 2. The van der Waals surface area contributed by atoms with Crippen LogP contribution in [0.5, 0.6) is 5.75 Å². The summed E-state index contributed by atoms with van der Waals surface area (Å²) >= 11 is 26.5. The minimum atomic E-state index is -4.76. The summed E-state index contributed by atoms with van der Waals surface area (Å²) in [5.74, 6) is 0.211. The van der Waals surface area contributed by atoms with E-state index in [2.05, 4.69) is 66.2 Å². The number of anilines is 2. The van der Waals surface area contributed by atoms with Gasteiger partial charge in [-0.15, -0.1) is 13.2 Å². The summed E-state index contributed by atoms with van der Waals surface area (Å²) < 4.78 is 42.7. The number of aromatic amines is 2. The predicted octanol–water partition coefficient (Wildman–Crippen LogP) is 9.23. The van der Waals surface area contributed by atoms with Crippen molar-refractivity contribution in [1.29, 1.82) is 0 Å². The first kappa shape index (κ1) is 37.8. The number of benzene rings is 2. The molecule has 2 aromatic carbocycles. The second-order valence-electron chi connectivity index (χ2n) is 9.66. The van der Waals surface area contributed by atoms with Crippen LogP contribution in [0.25, 0.3) is 0 Å². The van der Waals surface area contributed by atoms with Crippen molar-refractivity contribution in [2.24, 2.45) is 0 Å². The Balaban J connectivity index is 0.000000167. The molecule has 11 nitrogen and oxygen atoms in total. The average molecular weight is 821 g/mol. The molecule has 0 aliphatic carbocycles. The van der Waals surface area contributed by atoms with E-state index in [-0.39, 0.29) is 5.02 Å². The smallest absolute Gasteiger partial charge is 0.404 e. The highest BCUT2D eigenvalue weighted by molar-refractivity contribution is 9.10. The van der Waals surface area contributed by atoms with Crippen LogP contribution in [0, 0.1) is 0 Å². The van der Waals surface area contributed by atoms with E-state index in [0.29, 0.717) is 46.4 Å². The third-order valence-corrected chi connectivity index (χ3v) is 7.93. The Labute approximate surface area is 306 Å². The zero-order valence-electron chi connectivity index (χ0n) is 25.0. The van der Waals surface area contributed by atoms with Crippen LogP contribution in [0.2, 0.25) is 20.4 Å². The topological polar surface area (TPSA) is 134 Å². The van der Waals surface area contributed by atoms with E-state index in [0.717, 1.165) is 34.2 Å². The van der Waals surface area contributed by atoms with Crippen LogP contribution in [0.1, 0.15) is 17.2 Å². The van der Waals surface area contributed by atoms with E-state index in [1.165, 1.54) is 24.5 Å². The van der Waals surface area contributed by atoms with Crippen LogP contribution in [0.4, 0.5) is 24.5 Å². The standard InChI is InChI=1S/C11H9ClF3N3O.C10H9BrClN3.C9H8Cl2N4/c12-9-3-7(17-5-8-4-16-6-18-8)1-2-10(9)19-11(13,14)15;11-9-2-1-7(3-10(9)12)14-5-8-4-13-6-15-8;10-7-5-8(11)14-9(13-7)1-3-15-4-2-12-6-15/h1-4,6,17H,5H2,(H,16,18);1-4,6,14H,5H2,(H,13,15);2,4-6H,1,3H2. The number of nitrogens with one attached hydrogen (secondary N) is 4. The van der Waals surface area contributed by atoms with Gasteiger partial charge in [0.15, 0.2) is 0 Å². The summed E-state index contributed by atoms with van der Waals surface area (Å²) in [5.41, 5.74) is 3.44. The summed E-state index contributed by atoms with van der Waals surface area (Å²) in [6, 6.07) is 11.2. The van der Waals surface area contributed by atoms with E-state index < -0.39 is 12.1 Å². The molecule has 0 aliphatic rings. The maximum absolute atomic E-state index is 12.0. The van der Waals surface area contributed by atoms with Crippen LogP contribution in [-0.4, -0.2) is 45.8 Å². The first-order valence-corrected chi connectivity index (χ1v) is 16.3. The number of hydrogen-bond donors (Lipinski definition) is 4. The van der Waals surface area contributed by atoms with Gasteiger partial charge in [-0.05, 0) is 52.3 Å². The van der Waals surface area contributed by atoms with Gasteiger partial charge in [0.1, 0.15) is 21.9 Å². The number of aromatic nitrogens is 8. The summed E-state index contributed by atoms with van der Waals surface area (Å²) in [4.78, 5) is 25.8. The molecule has 0 unspecified atom stereocenters. The lowest BCUT2D eigenvalue weighted by atomic mass is 10.3. The number of rotatable bonds is 10. The zero-order chi connectivity index (χ0) is 35.2. The normalized spacial score (nSPS) is 10.8. The van der Waals surface area contributed by atoms with Gasteiger partial charge in [0.25, 0.3) is 0 Å². The molecule has 0 amide bonds. The molecule has 4 aromatic heterocycles. The van der Waals surface area contributed by atoms with Gasteiger partial charge in [0.2, 0.25) is 0 Å². The quantitative estimate of drug-likeness (QED) is 0.101. The zero-order valence-corrected chi connectivity index (χ0v) is 29.6. The molecule has 0 spiro atoms. The maximum atomic E-state index is 12.0. The molecule has 0 bridgehead atoms. The van der Waals surface area contributed by atoms with Gasteiger partial charge < -0.3 is 29.9 Å². The van der Waals surface area contributed by atoms with Crippen molar-refractivity contribution < 1.29 is 17.9 Å². The second-order valence-corrected chi connectivity index (χ2v) is 12.1. The van der Waals surface area contributed by atoms with Crippen molar-refractivity contribution in [2.75, 3.05) is 10.6 Å². The monoisotopic (exact) mass is 818 g/mol. The maximum Gasteiger partial charge on any atom is 0.573 e. The third kappa shape index (κ3) is 13.8. The highest BCUT2D eigenvalue weighted by Gasteiger charge is 2.32. The van der Waals surface area contributed by atoms with E-state index >= 15 is 0 Å². The van der Waals surface area contributed by atoms with E-state index in [9.17, 15) is 13.2 Å². The molecule has 6 aromatic rings. The SMILES string of the molecule is Clc1cc(Cl)nc(CCn2ccnc2)n1.Clc1cc(NCc2cnc[nH]2)ccc1Br.FC(F)(F)Oc1ccc(NCc2cnc[nH]2)cc1Cl. The highest BCUT2D eigenvalue weighted by Crippen LogP contribution is 2.32. The number of hydrogen-bond acceptors (Lipinski definition) is 8. The molecular weight excluding hydrogens is 795 g/mol. The Morgan fingerprint density at radius 2 is 1.39 bits per heavy atom. The van der Waals surface area contributed by atoms with E-state index in [4.69, 9.17) is 46.4 Å². The van der Waals surface area contributed by atoms with Gasteiger partial charge in [-0.1, -0.05) is 46.4 Å². The van der Waals surface area contributed by atoms with Crippen molar-refractivity contribution in [3.8, 4) is 5.75 Å². The Morgan fingerprint density at radius 3 is 1.88 bits per heavy atom. The van der Waals surface area contributed by atoms with Crippen molar-refractivity contribution in [3.63, 3.8) is 0 Å². The summed E-state index contributed by atoms with van der Waals surface area (Å²) in [5, 5.41) is 7.55. The first-order chi connectivity index (χ1) is 23.4. The van der Waals surface area contributed by atoms with Gasteiger partial charge in [-0.2, -0.15) is 0 Å². The van der Waals surface area contributed by atoms with Gasteiger partial charge >= 0.3 is 6.36 Å². The first-order valence-electron chi connectivity index (χ1n) is 14.0. The average Bonchev–Trinajstić information content (AvgIpc) is 3.86. The summed E-state index contributed by atoms with van der Waals surface area (Å²) in [6.07, 6.45) is 7.88. The van der Waals surface area contributed by atoms with Gasteiger partial charge in [-0.25, -0.2) is 24.9 Å². The number of imidazole rings is 3. The lowest BCUT2D eigenvalue weighted by molar-refractivity contribution is -0.274. The molecule has 6 rings (SSSR count). The molecule has 49 heavy (non-hydrogen) atoms. The molecule has 0 saturated carbocycles. The number of H-pyrrole nitrogens is 2. The minimum absolute atomic E-state index is 0.119. The molecule has 0 saturated heterocycles. The van der Waals surface area contributed by atoms with E-state index in [1.54, 1.807) is 31.2 Å². The highest BCUT2D eigenvalue weighted by atomic mass is 79.9. The Hall–Kier alpha value is -4.02. The summed E-state index contributed by atoms with van der Waals surface area (Å²) in [6.45, 7) is 1.92. The molecule has 0 atom stereocenters. The van der Waals surface area contributed by atoms with Gasteiger partial charge in [0.05, 0.1) is 53.5 Å². The number of nitrogens with zero attached hydrogens (tertiary/aromatic N) is 6. The van der Waals surface area contributed by atoms with Crippen LogP contribution in [-0.2, 0) is 26.1 Å². The second kappa shape index (κ2) is 18.7. The Bertz CT molecular complexity index is 1840. The largest absolute Gasteiger partial charge is 0.573 e. The molecule has 19 heteroatoms. The number of halogens is 8. The summed E-state index contributed by atoms with van der Waals surface area (Å²) in [7, 11) is 0. The van der Waals surface area contributed by atoms with Crippen molar-refractivity contribution in [2.45, 2.75) is 32.4 Å². The molecule has 4 N–H and O–H groups in total. The molecule has 0 radical (unpaired) electrons. The third-order valence-electron chi connectivity index (χ3n) is 6.02. The fourth-order valence-corrected chi connectivity index (χ4v) is 4.88. The van der Waals surface area contributed by atoms with Crippen LogP contribution >= 0.6 is 62.3 Å². The molecule has 4 heterocycles. The Morgan fingerprint density at radius 1 is 0.796 bits per heavy atom. The molecule has 0 aliphatic heterocycles. The van der Waals surface area contributed by atoms with Crippen LogP contribution < -0.4 is 15.4 Å². The lowest BCUT2D eigenvalue weighted by Gasteiger charge is -2.12. The molecule has 258 valence electrons. The number of ether oxygens (including phenoxy) is 1.